The summed E-state index contributed by atoms with van der Waals surface area (Å²) in [7, 11) is 1.44. The van der Waals surface area contributed by atoms with Crippen molar-refractivity contribution in [3.8, 4) is 5.75 Å². The highest BCUT2D eigenvalue weighted by Gasteiger charge is 2.32. The lowest BCUT2D eigenvalue weighted by Gasteiger charge is -2.21. The Labute approximate surface area is 163 Å². The highest BCUT2D eigenvalue weighted by molar-refractivity contribution is 6.27. The van der Waals surface area contributed by atoms with Crippen LogP contribution in [0.5, 0.6) is 5.75 Å². The zero-order valence-electron chi connectivity index (χ0n) is 16.2. The second kappa shape index (κ2) is 9.68. The summed E-state index contributed by atoms with van der Waals surface area (Å²) in [4.78, 5) is 47.8. The van der Waals surface area contributed by atoms with E-state index in [2.05, 4.69) is 10.6 Å². The first-order valence-electron chi connectivity index (χ1n) is 8.98. The fourth-order valence-electron chi connectivity index (χ4n) is 2.86. The third kappa shape index (κ3) is 4.97. The van der Waals surface area contributed by atoms with Gasteiger partial charge in [0, 0.05) is 37.6 Å². The molecule has 0 saturated carbocycles. The van der Waals surface area contributed by atoms with Gasteiger partial charge in [0.1, 0.15) is 12.4 Å². The molecule has 0 saturated heterocycles. The molecule has 2 N–H and O–H groups in total. The largest absolute Gasteiger partial charge is 0.496 e. The molecule has 8 heteroatoms. The van der Waals surface area contributed by atoms with Crippen LogP contribution in [0.2, 0.25) is 0 Å². The van der Waals surface area contributed by atoms with Gasteiger partial charge >= 0.3 is 5.97 Å². The Morgan fingerprint density at radius 2 is 1.86 bits per heavy atom. The molecule has 1 amide bonds. The van der Waals surface area contributed by atoms with Crippen molar-refractivity contribution in [2.75, 3.05) is 26.8 Å². The van der Waals surface area contributed by atoms with Gasteiger partial charge in [-0.25, -0.2) is 0 Å². The highest BCUT2D eigenvalue weighted by Crippen LogP contribution is 2.31. The van der Waals surface area contributed by atoms with Crippen LogP contribution in [0.4, 0.5) is 0 Å². The van der Waals surface area contributed by atoms with Crippen molar-refractivity contribution in [3.05, 3.63) is 40.6 Å². The van der Waals surface area contributed by atoms with Gasteiger partial charge in [-0.15, -0.1) is 0 Å². The summed E-state index contributed by atoms with van der Waals surface area (Å²) in [6.45, 7) is 3.64. The molecule has 2 rings (SSSR count). The zero-order chi connectivity index (χ0) is 20.7. The SMILES string of the molecule is COc1cccc2c1C(=O)C(NCCOC(=O)CCCNC(C)=O)=C(C)C2=O. The van der Waals surface area contributed by atoms with Crippen molar-refractivity contribution >= 4 is 23.4 Å². The number of benzene rings is 1. The van der Waals surface area contributed by atoms with Crippen LogP contribution in [-0.4, -0.2) is 50.2 Å². The number of nitrogens with one attached hydrogen (secondary N) is 2. The lowest BCUT2D eigenvalue weighted by Crippen LogP contribution is -2.32. The number of Topliss-reactive ketones (excluding diaryl/α,β-unsaturated/α-hetero) is 2. The molecule has 0 radical (unpaired) electrons. The lowest BCUT2D eigenvalue weighted by atomic mass is 9.87. The van der Waals surface area contributed by atoms with Gasteiger partial charge in [0.25, 0.3) is 0 Å². The van der Waals surface area contributed by atoms with Gasteiger partial charge in [0.05, 0.1) is 18.4 Å². The first-order valence-corrected chi connectivity index (χ1v) is 8.98. The van der Waals surface area contributed by atoms with Crippen molar-refractivity contribution in [1.29, 1.82) is 0 Å². The molecule has 0 unspecified atom stereocenters. The maximum absolute atomic E-state index is 12.8. The van der Waals surface area contributed by atoms with Crippen molar-refractivity contribution in [2.45, 2.75) is 26.7 Å². The van der Waals surface area contributed by atoms with Crippen LogP contribution in [0, 0.1) is 0 Å². The van der Waals surface area contributed by atoms with Crippen molar-refractivity contribution in [2.24, 2.45) is 0 Å². The summed E-state index contributed by atoms with van der Waals surface area (Å²) in [5, 5.41) is 5.50. The number of rotatable bonds is 9. The second-order valence-corrected chi connectivity index (χ2v) is 6.27. The summed E-state index contributed by atoms with van der Waals surface area (Å²) < 4.78 is 10.3. The van der Waals surface area contributed by atoms with Gasteiger partial charge in [-0.2, -0.15) is 0 Å². The first kappa shape index (κ1) is 21.1. The van der Waals surface area contributed by atoms with Gasteiger partial charge in [0.15, 0.2) is 5.78 Å². The van der Waals surface area contributed by atoms with Gasteiger partial charge in [-0.05, 0) is 19.4 Å². The van der Waals surface area contributed by atoms with Crippen molar-refractivity contribution in [3.63, 3.8) is 0 Å². The monoisotopic (exact) mass is 388 g/mol. The third-order valence-electron chi connectivity index (χ3n) is 4.26. The van der Waals surface area contributed by atoms with Crippen LogP contribution in [0.25, 0.3) is 0 Å². The molecule has 150 valence electrons. The smallest absolute Gasteiger partial charge is 0.305 e. The molecule has 1 aromatic carbocycles. The molecule has 1 aliphatic carbocycles. The molecular weight excluding hydrogens is 364 g/mol. The normalized spacial score (nSPS) is 13.1. The Morgan fingerprint density at radius 3 is 2.54 bits per heavy atom. The number of carbonyl (C=O) groups excluding carboxylic acids is 4. The van der Waals surface area contributed by atoms with Gasteiger partial charge < -0.3 is 20.1 Å². The van der Waals surface area contributed by atoms with E-state index in [-0.39, 0.29) is 48.3 Å². The second-order valence-electron chi connectivity index (χ2n) is 6.27. The maximum atomic E-state index is 12.8. The van der Waals surface area contributed by atoms with E-state index in [0.29, 0.717) is 29.9 Å². The van der Waals surface area contributed by atoms with E-state index in [0.717, 1.165) is 0 Å². The predicted molar refractivity (Wildman–Crippen MR) is 101 cm³/mol. The van der Waals surface area contributed by atoms with Gasteiger partial charge in [-0.3, -0.25) is 19.2 Å². The van der Waals surface area contributed by atoms with Crippen LogP contribution >= 0.6 is 0 Å². The molecule has 0 heterocycles. The number of allylic oxidation sites excluding steroid dienone is 2. The molecule has 0 aliphatic heterocycles. The van der Waals surface area contributed by atoms with E-state index >= 15 is 0 Å². The van der Waals surface area contributed by atoms with E-state index < -0.39 is 5.97 Å². The van der Waals surface area contributed by atoms with Gasteiger partial charge in [0.2, 0.25) is 11.7 Å². The Bertz CT molecular complexity index is 828. The zero-order valence-corrected chi connectivity index (χ0v) is 16.2. The number of carbonyl (C=O) groups is 4. The van der Waals surface area contributed by atoms with E-state index in [1.807, 2.05) is 0 Å². The molecule has 0 bridgehead atoms. The first-order chi connectivity index (χ1) is 13.4. The van der Waals surface area contributed by atoms with Crippen LogP contribution in [0.1, 0.15) is 47.4 Å². The Kier molecular flexibility index (Phi) is 7.31. The summed E-state index contributed by atoms with van der Waals surface area (Å²) in [6.07, 6.45) is 0.670. The van der Waals surface area contributed by atoms with E-state index in [4.69, 9.17) is 9.47 Å². The molecule has 1 aliphatic rings. The molecule has 0 spiro atoms. The van der Waals surface area contributed by atoms with Crippen molar-refractivity contribution in [1.82, 2.24) is 10.6 Å². The summed E-state index contributed by atoms with van der Waals surface area (Å²) in [5.74, 6) is -0.771. The number of ketones is 2. The predicted octanol–water partition coefficient (Wildman–Crippen LogP) is 1.40. The number of fused-ring (bicyclic) bond motifs is 1. The van der Waals surface area contributed by atoms with Crippen LogP contribution in [0.15, 0.2) is 29.5 Å². The molecule has 0 fully saturated rings. The molecular formula is C20H24N2O6. The van der Waals surface area contributed by atoms with Crippen LogP contribution in [-0.2, 0) is 14.3 Å². The number of ether oxygens (including phenoxy) is 2. The topological polar surface area (TPSA) is 111 Å². The summed E-state index contributed by atoms with van der Waals surface area (Å²) >= 11 is 0. The highest BCUT2D eigenvalue weighted by atomic mass is 16.5. The number of esters is 1. The standard InChI is InChI=1S/C20H24N2O6/c1-12-18(22-10-11-28-16(24)8-5-9-21-13(2)23)20(26)17-14(19(12)25)6-4-7-15(17)27-3/h4,6-7,22H,5,8-11H2,1-3H3,(H,21,23). The molecule has 8 nitrogen and oxygen atoms in total. The number of hydrogen-bond donors (Lipinski definition) is 2. The minimum Gasteiger partial charge on any atom is -0.496 e. The fourth-order valence-corrected chi connectivity index (χ4v) is 2.86. The summed E-state index contributed by atoms with van der Waals surface area (Å²) in [5.41, 5.74) is 1.05. The molecule has 1 aromatic rings. The van der Waals surface area contributed by atoms with Gasteiger partial charge in [-0.1, -0.05) is 12.1 Å². The average Bonchev–Trinajstić information content (AvgIpc) is 2.68. The summed E-state index contributed by atoms with van der Waals surface area (Å²) in [6, 6.07) is 4.89. The fraction of sp³-hybridized carbons (Fsp3) is 0.400. The van der Waals surface area contributed by atoms with Crippen LogP contribution in [0.3, 0.4) is 0 Å². The maximum Gasteiger partial charge on any atom is 0.305 e. The quantitative estimate of drug-likeness (QED) is 0.486. The lowest BCUT2D eigenvalue weighted by molar-refractivity contribution is -0.143. The minimum absolute atomic E-state index is 0.0516. The Hall–Kier alpha value is -3.16. The number of methoxy groups -OCH3 is 1. The van der Waals surface area contributed by atoms with E-state index in [9.17, 15) is 19.2 Å². The molecule has 28 heavy (non-hydrogen) atoms. The van der Waals surface area contributed by atoms with Crippen molar-refractivity contribution < 1.29 is 28.7 Å². The minimum atomic E-state index is -0.393. The Morgan fingerprint density at radius 1 is 1.11 bits per heavy atom. The third-order valence-corrected chi connectivity index (χ3v) is 4.26. The Balaban J connectivity index is 1.89. The number of hydrogen-bond acceptors (Lipinski definition) is 7. The van der Waals surface area contributed by atoms with E-state index in [1.54, 1.807) is 25.1 Å². The van der Waals surface area contributed by atoms with Crippen LogP contribution < -0.4 is 15.4 Å². The number of amides is 1. The average molecular weight is 388 g/mol. The molecule has 0 aromatic heterocycles. The van der Waals surface area contributed by atoms with E-state index in [1.165, 1.54) is 14.0 Å². The molecule has 0 atom stereocenters.